The molecule has 1 aliphatic heterocycles. The Morgan fingerprint density at radius 3 is 2.85 bits per heavy atom. The highest BCUT2D eigenvalue weighted by Crippen LogP contribution is 2.32. The Morgan fingerprint density at radius 2 is 2.20 bits per heavy atom. The van der Waals surface area contributed by atoms with Crippen LogP contribution >= 0.6 is 0 Å². The smallest absolute Gasteiger partial charge is 0.196 e. The van der Waals surface area contributed by atoms with Gasteiger partial charge in [-0.25, -0.2) is 4.39 Å². The summed E-state index contributed by atoms with van der Waals surface area (Å²) in [5, 5.41) is 4.35. The Labute approximate surface area is 116 Å². The highest BCUT2D eigenvalue weighted by molar-refractivity contribution is 5.97. The lowest BCUT2D eigenvalue weighted by Crippen LogP contribution is -2.36. The van der Waals surface area contributed by atoms with Gasteiger partial charge in [-0.2, -0.15) is 5.10 Å². The fraction of sp³-hybridized carbons (Fsp3) is 0.286. The van der Waals surface area contributed by atoms with Crippen LogP contribution in [-0.2, 0) is 7.05 Å². The highest BCUT2D eigenvalue weighted by atomic mass is 19.1. The van der Waals surface area contributed by atoms with Crippen LogP contribution in [0.1, 0.15) is 17.3 Å². The summed E-state index contributed by atoms with van der Waals surface area (Å²) in [6, 6.07) is 6.34. The molecule has 0 aliphatic carbocycles. The van der Waals surface area contributed by atoms with Crippen molar-refractivity contribution in [3.63, 3.8) is 0 Å². The summed E-state index contributed by atoms with van der Waals surface area (Å²) < 4.78 is 15.2. The zero-order valence-corrected chi connectivity index (χ0v) is 11.4. The van der Waals surface area contributed by atoms with Crippen molar-refractivity contribution < 1.29 is 4.39 Å². The normalized spacial score (nSPS) is 18.4. The van der Waals surface area contributed by atoms with E-state index in [0.717, 1.165) is 11.3 Å². The number of benzene rings is 1. The lowest BCUT2D eigenvalue weighted by molar-refractivity contribution is 0.626. The summed E-state index contributed by atoms with van der Waals surface area (Å²) in [6.45, 7) is 2.50. The summed E-state index contributed by atoms with van der Waals surface area (Å²) in [7, 11) is 1.88. The van der Waals surface area contributed by atoms with Crippen LogP contribution in [0.15, 0.2) is 35.5 Å². The molecule has 20 heavy (non-hydrogen) atoms. The van der Waals surface area contributed by atoms with Crippen LogP contribution < -0.4 is 10.6 Å². The molecule has 0 amide bonds. The van der Waals surface area contributed by atoms with E-state index in [1.54, 1.807) is 10.7 Å². The van der Waals surface area contributed by atoms with Gasteiger partial charge in [-0.15, -0.1) is 0 Å². The standard InChI is InChI=1S/C14H16FN5/c1-9-12(8-19(2)18-9)13-7-17-14(16)20(13)11-5-3-4-10(15)6-11/h3-6,8,13H,7H2,1-2H3,(H2,16,17). The van der Waals surface area contributed by atoms with E-state index in [9.17, 15) is 4.39 Å². The molecule has 5 nitrogen and oxygen atoms in total. The molecule has 2 aromatic rings. The molecule has 1 aromatic carbocycles. The SMILES string of the molecule is Cc1nn(C)cc1C1CN=C(N)N1c1cccc(F)c1. The third-order valence-corrected chi connectivity index (χ3v) is 3.48. The molecule has 1 atom stereocenters. The Bertz CT molecular complexity index is 676. The Balaban J connectivity index is 2.02. The van der Waals surface area contributed by atoms with Gasteiger partial charge < -0.3 is 10.6 Å². The second-order valence-electron chi connectivity index (χ2n) is 4.91. The molecule has 6 heteroatoms. The predicted octanol–water partition coefficient (Wildman–Crippen LogP) is 1.74. The molecule has 3 rings (SSSR count). The number of aryl methyl sites for hydroxylation is 2. The van der Waals surface area contributed by atoms with Gasteiger partial charge in [-0.05, 0) is 25.1 Å². The number of hydrogen-bond donors (Lipinski definition) is 1. The number of aliphatic imine (C=N–C) groups is 1. The molecule has 1 aliphatic rings. The highest BCUT2D eigenvalue weighted by Gasteiger charge is 2.31. The first-order valence-electron chi connectivity index (χ1n) is 6.41. The number of rotatable bonds is 2. The predicted molar refractivity (Wildman–Crippen MR) is 76.1 cm³/mol. The van der Waals surface area contributed by atoms with Crippen LogP contribution in [0.3, 0.4) is 0 Å². The number of nitrogens with zero attached hydrogens (tertiary/aromatic N) is 4. The second kappa shape index (κ2) is 4.63. The molecule has 2 N–H and O–H groups in total. The number of halogens is 1. The molecule has 104 valence electrons. The molecule has 0 radical (unpaired) electrons. The number of hydrogen-bond acceptors (Lipinski definition) is 4. The van der Waals surface area contributed by atoms with Gasteiger partial charge in [0.2, 0.25) is 0 Å². The monoisotopic (exact) mass is 273 g/mol. The number of nitrogens with two attached hydrogens (primary N) is 1. The molecule has 2 heterocycles. The van der Waals surface area contributed by atoms with E-state index in [-0.39, 0.29) is 11.9 Å². The fourth-order valence-electron chi connectivity index (χ4n) is 2.62. The van der Waals surface area contributed by atoms with Crippen molar-refractivity contribution in [2.24, 2.45) is 17.8 Å². The van der Waals surface area contributed by atoms with Crippen molar-refractivity contribution in [3.8, 4) is 0 Å². The van der Waals surface area contributed by atoms with Crippen LogP contribution in [0.5, 0.6) is 0 Å². The third-order valence-electron chi connectivity index (χ3n) is 3.48. The average Bonchev–Trinajstić information content (AvgIpc) is 2.92. The summed E-state index contributed by atoms with van der Waals surface area (Å²) in [6.07, 6.45) is 1.96. The lowest BCUT2D eigenvalue weighted by Gasteiger charge is -2.26. The second-order valence-corrected chi connectivity index (χ2v) is 4.91. The molecular weight excluding hydrogens is 257 g/mol. The maximum absolute atomic E-state index is 13.4. The summed E-state index contributed by atoms with van der Waals surface area (Å²) in [4.78, 5) is 6.15. The number of anilines is 1. The van der Waals surface area contributed by atoms with Gasteiger partial charge in [-0.3, -0.25) is 9.67 Å². The Kier molecular flexibility index (Phi) is 2.93. The number of aromatic nitrogens is 2. The molecule has 0 saturated heterocycles. The first-order valence-corrected chi connectivity index (χ1v) is 6.41. The van der Waals surface area contributed by atoms with Crippen LogP contribution in [0, 0.1) is 12.7 Å². The van der Waals surface area contributed by atoms with Gasteiger partial charge >= 0.3 is 0 Å². The van der Waals surface area contributed by atoms with Crippen LogP contribution in [-0.4, -0.2) is 22.3 Å². The fourth-order valence-corrected chi connectivity index (χ4v) is 2.62. The van der Waals surface area contributed by atoms with Gasteiger partial charge in [0.25, 0.3) is 0 Å². The van der Waals surface area contributed by atoms with E-state index in [1.165, 1.54) is 12.1 Å². The third kappa shape index (κ3) is 2.03. The van der Waals surface area contributed by atoms with Gasteiger partial charge in [0.1, 0.15) is 5.82 Å². The van der Waals surface area contributed by atoms with Gasteiger partial charge in [0.15, 0.2) is 5.96 Å². The first-order chi connectivity index (χ1) is 9.56. The van der Waals surface area contributed by atoms with Gasteiger partial charge in [0, 0.05) is 24.5 Å². The van der Waals surface area contributed by atoms with Crippen LogP contribution in [0.25, 0.3) is 0 Å². The van der Waals surface area contributed by atoms with E-state index < -0.39 is 0 Å². The van der Waals surface area contributed by atoms with Crippen molar-refractivity contribution >= 4 is 11.6 Å². The largest absolute Gasteiger partial charge is 0.369 e. The minimum absolute atomic E-state index is 0.0366. The lowest BCUT2D eigenvalue weighted by atomic mass is 10.1. The molecule has 1 unspecified atom stereocenters. The van der Waals surface area contributed by atoms with E-state index in [0.29, 0.717) is 18.2 Å². The first kappa shape index (κ1) is 12.7. The van der Waals surface area contributed by atoms with E-state index in [2.05, 4.69) is 10.1 Å². The zero-order valence-electron chi connectivity index (χ0n) is 11.4. The Morgan fingerprint density at radius 1 is 1.40 bits per heavy atom. The molecule has 0 fully saturated rings. The average molecular weight is 273 g/mol. The molecule has 0 saturated carbocycles. The summed E-state index contributed by atoms with van der Waals surface area (Å²) in [5.74, 6) is 0.118. The van der Waals surface area contributed by atoms with Crippen molar-refractivity contribution in [2.75, 3.05) is 11.4 Å². The minimum atomic E-state index is -0.288. The summed E-state index contributed by atoms with van der Waals surface area (Å²) in [5.41, 5.74) is 8.67. The number of guanidine groups is 1. The molecular formula is C14H16FN5. The topological polar surface area (TPSA) is 59.4 Å². The minimum Gasteiger partial charge on any atom is -0.369 e. The Hall–Kier alpha value is -2.37. The van der Waals surface area contributed by atoms with Crippen molar-refractivity contribution in [1.29, 1.82) is 0 Å². The van der Waals surface area contributed by atoms with Crippen LogP contribution in [0.4, 0.5) is 10.1 Å². The maximum atomic E-state index is 13.4. The van der Waals surface area contributed by atoms with Crippen LogP contribution in [0.2, 0.25) is 0 Å². The zero-order chi connectivity index (χ0) is 14.3. The van der Waals surface area contributed by atoms with Crippen molar-refractivity contribution in [3.05, 3.63) is 47.5 Å². The van der Waals surface area contributed by atoms with E-state index >= 15 is 0 Å². The van der Waals surface area contributed by atoms with E-state index in [1.807, 2.05) is 31.1 Å². The molecule has 1 aromatic heterocycles. The van der Waals surface area contributed by atoms with Crippen molar-refractivity contribution in [1.82, 2.24) is 9.78 Å². The van der Waals surface area contributed by atoms with Crippen molar-refractivity contribution in [2.45, 2.75) is 13.0 Å². The van der Waals surface area contributed by atoms with Gasteiger partial charge in [0.05, 0.1) is 18.3 Å². The van der Waals surface area contributed by atoms with E-state index in [4.69, 9.17) is 5.73 Å². The maximum Gasteiger partial charge on any atom is 0.196 e. The molecule has 0 bridgehead atoms. The van der Waals surface area contributed by atoms with Gasteiger partial charge in [-0.1, -0.05) is 6.07 Å². The summed E-state index contributed by atoms with van der Waals surface area (Å²) >= 11 is 0. The molecule has 0 spiro atoms. The quantitative estimate of drug-likeness (QED) is 0.906.